The number of para-hydroxylation sites is 1. The Hall–Kier alpha value is -1.89. The monoisotopic (exact) mass is 359 g/mol. The summed E-state index contributed by atoms with van der Waals surface area (Å²) in [6, 6.07) is 6.10. The molecular formula is C18H25N5OS. The molecule has 1 saturated heterocycles. The van der Waals surface area contributed by atoms with E-state index in [1.54, 1.807) is 4.68 Å². The molecule has 1 aliphatic heterocycles. The van der Waals surface area contributed by atoms with Crippen LogP contribution in [0, 0.1) is 25.7 Å². The van der Waals surface area contributed by atoms with E-state index in [2.05, 4.69) is 29.4 Å². The lowest BCUT2D eigenvalue weighted by molar-refractivity contribution is -0.130. The quantitative estimate of drug-likeness (QED) is 0.786. The molecule has 3 rings (SSSR count). The lowest BCUT2D eigenvalue weighted by Gasteiger charge is -2.34. The molecule has 0 spiro atoms. The lowest BCUT2D eigenvalue weighted by atomic mass is 9.92. The summed E-state index contributed by atoms with van der Waals surface area (Å²) < 4.78 is 1.74. The first-order chi connectivity index (χ1) is 12.0. The van der Waals surface area contributed by atoms with Crippen LogP contribution in [-0.2, 0) is 4.79 Å². The number of hydrogen-bond donors (Lipinski definition) is 0. The molecule has 2 atom stereocenters. The summed E-state index contributed by atoms with van der Waals surface area (Å²) in [5.41, 5.74) is 3.21. The molecule has 2 heterocycles. The zero-order valence-electron chi connectivity index (χ0n) is 15.3. The summed E-state index contributed by atoms with van der Waals surface area (Å²) in [5.74, 6) is 1.67. The number of piperidine rings is 1. The van der Waals surface area contributed by atoms with E-state index in [0.717, 1.165) is 29.9 Å². The number of benzene rings is 1. The maximum atomic E-state index is 12.6. The third-order valence-electron chi connectivity index (χ3n) is 4.64. The second-order valence-corrected chi connectivity index (χ2v) is 8.09. The Kier molecular flexibility index (Phi) is 5.42. The lowest BCUT2D eigenvalue weighted by Crippen LogP contribution is -2.43. The summed E-state index contributed by atoms with van der Waals surface area (Å²) >= 11 is 1.41. The minimum absolute atomic E-state index is 0.166. The van der Waals surface area contributed by atoms with Crippen LogP contribution in [0.3, 0.4) is 0 Å². The largest absolute Gasteiger partial charge is 0.341 e. The molecule has 1 aromatic carbocycles. The van der Waals surface area contributed by atoms with Gasteiger partial charge >= 0.3 is 0 Å². The van der Waals surface area contributed by atoms with Crippen LogP contribution in [0.4, 0.5) is 0 Å². The number of carbonyl (C=O) groups is 1. The SMILES string of the molecule is Cc1cccc(C)c1-n1nnnc1SCC(=O)N1C[C@H](C)C[C@H](C)C1. The molecule has 0 radical (unpaired) electrons. The Balaban J connectivity index is 1.71. The van der Waals surface area contributed by atoms with Gasteiger partial charge in [0, 0.05) is 13.1 Å². The number of rotatable bonds is 4. The fourth-order valence-electron chi connectivity index (χ4n) is 3.63. The maximum absolute atomic E-state index is 12.6. The van der Waals surface area contributed by atoms with Gasteiger partial charge in [-0.3, -0.25) is 4.79 Å². The number of hydrogen-bond acceptors (Lipinski definition) is 5. The molecule has 0 saturated carbocycles. The van der Waals surface area contributed by atoms with Crippen molar-refractivity contribution >= 4 is 17.7 Å². The van der Waals surface area contributed by atoms with Crippen molar-refractivity contribution in [3.63, 3.8) is 0 Å². The van der Waals surface area contributed by atoms with Gasteiger partial charge in [0.05, 0.1) is 11.4 Å². The predicted molar refractivity (Wildman–Crippen MR) is 98.9 cm³/mol. The van der Waals surface area contributed by atoms with Crippen LogP contribution >= 0.6 is 11.8 Å². The van der Waals surface area contributed by atoms with Gasteiger partial charge < -0.3 is 4.90 Å². The predicted octanol–water partition coefficient (Wildman–Crippen LogP) is 2.88. The van der Waals surface area contributed by atoms with Crippen molar-refractivity contribution in [2.45, 2.75) is 39.3 Å². The van der Waals surface area contributed by atoms with Crippen molar-refractivity contribution in [1.82, 2.24) is 25.1 Å². The minimum atomic E-state index is 0.166. The van der Waals surface area contributed by atoms with Gasteiger partial charge in [-0.05, 0) is 53.7 Å². The Bertz CT molecular complexity index is 729. The van der Waals surface area contributed by atoms with Crippen LogP contribution in [0.15, 0.2) is 23.4 Å². The van der Waals surface area contributed by atoms with E-state index in [-0.39, 0.29) is 5.91 Å². The average molecular weight is 359 g/mol. The molecule has 1 aliphatic rings. The molecule has 134 valence electrons. The molecule has 6 nitrogen and oxygen atoms in total. The Morgan fingerprint density at radius 2 is 1.84 bits per heavy atom. The zero-order chi connectivity index (χ0) is 18.0. The number of thioether (sulfide) groups is 1. The summed E-state index contributed by atoms with van der Waals surface area (Å²) in [7, 11) is 0. The van der Waals surface area contributed by atoms with Crippen LogP contribution < -0.4 is 0 Å². The molecule has 0 aliphatic carbocycles. The van der Waals surface area contributed by atoms with Gasteiger partial charge in [-0.2, -0.15) is 4.68 Å². The summed E-state index contributed by atoms with van der Waals surface area (Å²) in [5, 5.41) is 12.7. The van der Waals surface area contributed by atoms with Gasteiger partial charge in [0.15, 0.2) is 0 Å². The van der Waals surface area contributed by atoms with Gasteiger partial charge in [0.1, 0.15) is 0 Å². The molecule has 0 N–H and O–H groups in total. The Morgan fingerprint density at radius 1 is 1.20 bits per heavy atom. The highest BCUT2D eigenvalue weighted by Gasteiger charge is 2.26. The van der Waals surface area contributed by atoms with Crippen LogP contribution in [0.1, 0.15) is 31.4 Å². The highest BCUT2D eigenvalue weighted by Crippen LogP contribution is 2.25. The molecule has 1 aromatic heterocycles. The second-order valence-electron chi connectivity index (χ2n) is 7.15. The molecular weight excluding hydrogens is 334 g/mol. The van der Waals surface area contributed by atoms with E-state index in [1.165, 1.54) is 18.2 Å². The van der Waals surface area contributed by atoms with Crippen molar-refractivity contribution < 1.29 is 4.79 Å². The van der Waals surface area contributed by atoms with E-state index < -0.39 is 0 Å². The molecule has 0 bridgehead atoms. The number of carbonyl (C=O) groups excluding carboxylic acids is 1. The highest BCUT2D eigenvalue weighted by molar-refractivity contribution is 7.99. The number of likely N-dealkylation sites (tertiary alicyclic amines) is 1. The van der Waals surface area contributed by atoms with E-state index in [9.17, 15) is 4.79 Å². The minimum Gasteiger partial charge on any atom is -0.341 e. The van der Waals surface area contributed by atoms with Gasteiger partial charge in [0.2, 0.25) is 11.1 Å². The van der Waals surface area contributed by atoms with Gasteiger partial charge in [-0.25, -0.2) is 0 Å². The Morgan fingerprint density at radius 3 is 2.48 bits per heavy atom. The topological polar surface area (TPSA) is 63.9 Å². The third-order valence-corrected chi connectivity index (χ3v) is 5.54. The first-order valence-corrected chi connectivity index (χ1v) is 9.69. The highest BCUT2D eigenvalue weighted by atomic mass is 32.2. The number of aromatic nitrogens is 4. The third kappa shape index (κ3) is 4.03. The number of tetrazole rings is 1. The number of aryl methyl sites for hydroxylation is 2. The molecule has 2 aromatic rings. The molecule has 0 unspecified atom stereocenters. The Labute approximate surface area is 153 Å². The normalized spacial score (nSPS) is 20.7. The fraction of sp³-hybridized carbons (Fsp3) is 0.556. The van der Waals surface area contributed by atoms with Crippen LogP contribution in [0.5, 0.6) is 0 Å². The summed E-state index contributed by atoms with van der Waals surface area (Å²) in [6.07, 6.45) is 1.20. The maximum Gasteiger partial charge on any atom is 0.233 e. The molecule has 7 heteroatoms. The van der Waals surface area contributed by atoms with E-state index in [4.69, 9.17) is 0 Å². The number of amides is 1. The van der Waals surface area contributed by atoms with E-state index >= 15 is 0 Å². The molecule has 1 amide bonds. The van der Waals surface area contributed by atoms with Crippen molar-refractivity contribution in [2.75, 3.05) is 18.8 Å². The fourth-order valence-corrected chi connectivity index (χ4v) is 4.41. The van der Waals surface area contributed by atoms with Gasteiger partial charge in [-0.1, -0.05) is 43.8 Å². The summed E-state index contributed by atoms with van der Waals surface area (Å²) in [6.45, 7) is 10.2. The van der Waals surface area contributed by atoms with Crippen molar-refractivity contribution in [3.05, 3.63) is 29.3 Å². The van der Waals surface area contributed by atoms with Crippen molar-refractivity contribution in [2.24, 2.45) is 11.8 Å². The van der Waals surface area contributed by atoms with Crippen molar-refractivity contribution in [1.29, 1.82) is 0 Å². The summed E-state index contributed by atoms with van der Waals surface area (Å²) in [4.78, 5) is 14.6. The van der Waals surface area contributed by atoms with Crippen molar-refractivity contribution in [3.8, 4) is 5.69 Å². The first-order valence-electron chi connectivity index (χ1n) is 8.71. The number of nitrogens with zero attached hydrogens (tertiary/aromatic N) is 5. The van der Waals surface area contributed by atoms with Gasteiger partial charge in [-0.15, -0.1) is 5.10 Å². The zero-order valence-corrected chi connectivity index (χ0v) is 16.1. The van der Waals surface area contributed by atoms with Crippen LogP contribution in [-0.4, -0.2) is 49.9 Å². The molecule has 1 fully saturated rings. The van der Waals surface area contributed by atoms with Crippen LogP contribution in [0.2, 0.25) is 0 Å². The van der Waals surface area contributed by atoms with E-state index in [0.29, 0.717) is 22.7 Å². The van der Waals surface area contributed by atoms with Gasteiger partial charge in [0.25, 0.3) is 0 Å². The second kappa shape index (κ2) is 7.56. The van der Waals surface area contributed by atoms with Crippen LogP contribution in [0.25, 0.3) is 5.69 Å². The van der Waals surface area contributed by atoms with E-state index in [1.807, 2.05) is 36.9 Å². The first kappa shape index (κ1) is 17.9. The average Bonchev–Trinajstić information content (AvgIpc) is 2.99. The standard InChI is InChI=1S/C18H25N5OS/c1-12-8-13(2)10-22(9-12)16(24)11-25-18-19-20-21-23(18)17-14(3)6-5-7-15(17)4/h5-7,12-13H,8-11H2,1-4H3/t12-,13+. The smallest absolute Gasteiger partial charge is 0.233 e. The molecule has 25 heavy (non-hydrogen) atoms.